The summed E-state index contributed by atoms with van der Waals surface area (Å²) in [5, 5.41) is 16.5. The van der Waals surface area contributed by atoms with E-state index in [2.05, 4.69) is 22.9 Å². The predicted molar refractivity (Wildman–Crippen MR) is 108 cm³/mol. The number of hydrogen-bond acceptors (Lipinski definition) is 4. The maximum Gasteiger partial charge on any atom is 0.409 e. The van der Waals surface area contributed by atoms with Crippen LogP contribution in [0.15, 0.2) is 42.5 Å². The third-order valence-electron chi connectivity index (χ3n) is 3.83. The van der Waals surface area contributed by atoms with Crippen LogP contribution in [0.1, 0.15) is 26.2 Å². The highest BCUT2D eigenvalue weighted by Gasteiger charge is 2.09. The van der Waals surface area contributed by atoms with Crippen LogP contribution >= 0.6 is 0 Å². The van der Waals surface area contributed by atoms with Gasteiger partial charge in [-0.25, -0.2) is 9.59 Å². The topological polar surface area (TPSA) is 109 Å². The van der Waals surface area contributed by atoms with Gasteiger partial charge >= 0.3 is 12.1 Å². The lowest BCUT2D eigenvalue weighted by molar-refractivity contribution is 0.209. The fraction of sp³-hybridized carbons (Fsp3) is 0.300. The van der Waals surface area contributed by atoms with Crippen molar-refractivity contribution in [3.8, 4) is 17.2 Å². The van der Waals surface area contributed by atoms with Gasteiger partial charge < -0.3 is 25.2 Å². The zero-order valence-corrected chi connectivity index (χ0v) is 16.0. The molecule has 0 radical (unpaired) electrons. The molecule has 0 aliphatic heterocycles. The molecule has 0 fully saturated rings. The van der Waals surface area contributed by atoms with E-state index < -0.39 is 6.09 Å². The molecule has 0 saturated carbocycles. The number of carbonyl (C=O) groups excluding carboxylic acids is 1. The molecule has 3 amide bonds. The summed E-state index contributed by atoms with van der Waals surface area (Å²) in [6.45, 7) is 2.73. The number of benzene rings is 2. The van der Waals surface area contributed by atoms with E-state index >= 15 is 0 Å². The molecule has 0 bridgehead atoms. The lowest BCUT2D eigenvalue weighted by Gasteiger charge is -2.13. The first-order valence-corrected chi connectivity index (χ1v) is 9.02. The Kier molecular flexibility index (Phi) is 7.95. The Labute approximate surface area is 163 Å². The van der Waals surface area contributed by atoms with Crippen molar-refractivity contribution in [1.29, 1.82) is 0 Å². The number of urea groups is 1. The second kappa shape index (κ2) is 10.7. The third-order valence-corrected chi connectivity index (χ3v) is 3.83. The average Bonchev–Trinajstić information content (AvgIpc) is 2.67. The normalized spacial score (nSPS) is 10.1. The number of unbranched alkanes of at least 4 members (excludes halogenated alkanes) is 2. The van der Waals surface area contributed by atoms with E-state index in [0.717, 1.165) is 19.3 Å². The van der Waals surface area contributed by atoms with Gasteiger partial charge in [-0.05, 0) is 42.8 Å². The van der Waals surface area contributed by atoms with Gasteiger partial charge in [-0.15, -0.1) is 0 Å². The SMILES string of the molecule is CCCCCNC(=O)Nc1ccc(Oc2ccc(NC(=O)O)cc2)cc1OC. The second-order valence-electron chi connectivity index (χ2n) is 6.01. The highest BCUT2D eigenvalue weighted by molar-refractivity contribution is 5.91. The molecule has 4 N–H and O–H groups in total. The van der Waals surface area contributed by atoms with E-state index in [9.17, 15) is 9.59 Å². The summed E-state index contributed by atoms with van der Waals surface area (Å²) in [5.74, 6) is 1.52. The standard InChI is InChI=1S/C20H25N3O5/c1-3-4-5-12-21-19(24)23-17-11-10-16(13-18(17)27-2)28-15-8-6-14(7-9-15)22-20(25)26/h6-11,13,22H,3-5,12H2,1-2H3,(H,25,26)(H2,21,23,24). The minimum absolute atomic E-state index is 0.287. The average molecular weight is 387 g/mol. The molecule has 8 heteroatoms. The van der Waals surface area contributed by atoms with Crippen LogP contribution in [0.5, 0.6) is 17.2 Å². The number of rotatable bonds is 9. The van der Waals surface area contributed by atoms with Crippen molar-refractivity contribution in [1.82, 2.24) is 5.32 Å². The van der Waals surface area contributed by atoms with E-state index in [4.69, 9.17) is 14.6 Å². The van der Waals surface area contributed by atoms with Gasteiger partial charge in [0.1, 0.15) is 17.2 Å². The zero-order chi connectivity index (χ0) is 20.4. The van der Waals surface area contributed by atoms with Crippen molar-refractivity contribution in [2.75, 3.05) is 24.3 Å². The number of carbonyl (C=O) groups is 2. The Bertz CT molecular complexity index is 793. The largest absolute Gasteiger partial charge is 0.494 e. The number of methoxy groups -OCH3 is 1. The van der Waals surface area contributed by atoms with E-state index in [1.807, 2.05) is 0 Å². The summed E-state index contributed by atoms with van der Waals surface area (Å²) in [5.41, 5.74) is 0.978. The monoisotopic (exact) mass is 387 g/mol. The highest BCUT2D eigenvalue weighted by atomic mass is 16.5. The van der Waals surface area contributed by atoms with Crippen LogP contribution < -0.4 is 25.4 Å². The minimum Gasteiger partial charge on any atom is -0.494 e. The van der Waals surface area contributed by atoms with Crippen LogP contribution in [0.3, 0.4) is 0 Å². The number of anilines is 2. The van der Waals surface area contributed by atoms with Crippen LogP contribution in [0, 0.1) is 0 Å². The molecule has 0 saturated heterocycles. The van der Waals surface area contributed by atoms with Gasteiger partial charge in [0, 0.05) is 18.3 Å². The molecule has 0 spiro atoms. The molecule has 0 aliphatic rings. The smallest absolute Gasteiger partial charge is 0.409 e. The first-order valence-electron chi connectivity index (χ1n) is 9.02. The summed E-state index contributed by atoms with van der Waals surface area (Å²) >= 11 is 0. The first-order chi connectivity index (χ1) is 13.5. The molecule has 150 valence electrons. The van der Waals surface area contributed by atoms with Crippen LogP contribution in [-0.4, -0.2) is 30.9 Å². The summed E-state index contributed by atoms with van der Waals surface area (Å²) in [6.07, 6.45) is 1.98. The van der Waals surface area contributed by atoms with Crippen LogP contribution in [-0.2, 0) is 0 Å². The molecule has 0 unspecified atom stereocenters. The summed E-state index contributed by atoms with van der Waals surface area (Å²) in [6, 6.07) is 11.3. The number of ether oxygens (including phenoxy) is 2. The van der Waals surface area contributed by atoms with Crippen LogP contribution in [0.25, 0.3) is 0 Å². The van der Waals surface area contributed by atoms with Crippen LogP contribution in [0.2, 0.25) is 0 Å². The molecule has 2 rings (SSSR count). The van der Waals surface area contributed by atoms with E-state index in [0.29, 0.717) is 35.2 Å². The Hall–Kier alpha value is -3.42. The summed E-state index contributed by atoms with van der Waals surface area (Å²) in [4.78, 5) is 22.6. The Morgan fingerprint density at radius 2 is 1.71 bits per heavy atom. The molecule has 2 aromatic rings. The Morgan fingerprint density at radius 3 is 2.36 bits per heavy atom. The summed E-state index contributed by atoms with van der Waals surface area (Å²) in [7, 11) is 1.51. The molecule has 2 aromatic carbocycles. The molecule has 0 aromatic heterocycles. The van der Waals surface area contributed by atoms with Gasteiger partial charge in [0.25, 0.3) is 0 Å². The molecule has 0 aliphatic carbocycles. The lowest BCUT2D eigenvalue weighted by atomic mass is 10.2. The quantitative estimate of drug-likeness (QED) is 0.458. The molecule has 0 atom stereocenters. The van der Waals surface area contributed by atoms with Crippen LogP contribution in [0.4, 0.5) is 21.0 Å². The maximum atomic E-state index is 12.0. The van der Waals surface area contributed by atoms with Crippen molar-refractivity contribution in [2.45, 2.75) is 26.2 Å². The maximum absolute atomic E-state index is 12.0. The van der Waals surface area contributed by atoms with Crippen molar-refractivity contribution in [3.05, 3.63) is 42.5 Å². The van der Waals surface area contributed by atoms with Gasteiger partial charge in [-0.1, -0.05) is 19.8 Å². The van der Waals surface area contributed by atoms with Gasteiger partial charge in [-0.3, -0.25) is 5.32 Å². The third kappa shape index (κ3) is 6.71. The second-order valence-corrected chi connectivity index (χ2v) is 6.01. The van der Waals surface area contributed by atoms with E-state index in [-0.39, 0.29) is 6.03 Å². The number of carboxylic acid groups (broad SMARTS) is 1. The van der Waals surface area contributed by atoms with Crippen molar-refractivity contribution in [3.63, 3.8) is 0 Å². The summed E-state index contributed by atoms with van der Waals surface area (Å²) < 4.78 is 11.1. The van der Waals surface area contributed by atoms with E-state index in [1.54, 1.807) is 42.5 Å². The van der Waals surface area contributed by atoms with Gasteiger partial charge in [0.2, 0.25) is 0 Å². The van der Waals surface area contributed by atoms with Crippen molar-refractivity contribution < 1.29 is 24.2 Å². The molecular formula is C20H25N3O5. The first kappa shape index (κ1) is 20.9. The fourth-order valence-corrected chi connectivity index (χ4v) is 2.45. The zero-order valence-electron chi connectivity index (χ0n) is 16.0. The van der Waals surface area contributed by atoms with Crippen molar-refractivity contribution >= 4 is 23.5 Å². The Morgan fingerprint density at radius 1 is 1.00 bits per heavy atom. The lowest BCUT2D eigenvalue weighted by Crippen LogP contribution is -2.29. The van der Waals surface area contributed by atoms with Gasteiger partial charge in [0.15, 0.2) is 0 Å². The Balaban J connectivity index is 1.98. The molecule has 0 heterocycles. The highest BCUT2D eigenvalue weighted by Crippen LogP contribution is 2.32. The number of nitrogens with one attached hydrogen (secondary N) is 3. The molecular weight excluding hydrogens is 362 g/mol. The minimum atomic E-state index is -1.13. The number of amides is 3. The van der Waals surface area contributed by atoms with Gasteiger partial charge in [-0.2, -0.15) is 0 Å². The molecule has 28 heavy (non-hydrogen) atoms. The van der Waals surface area contributed by atoms with Crippen molar-refractivity contribution in [2.24, 2.45) is 0 Å². The van der Waals surface area contributed by atoms with Gasteiger partial charge in [0.05, 0.1) is 12.8 Å². The molecule has 8 nitrogen and oxygen atoms in total. The van der Waals surface area contributed by atoms with E-state index in [1.165, 1.54) is 7.11 Å². The fourth-order valence-electron chi connectivity index (χ4n) is 2.45. The number of hydrogen-bond donors (Lipinski definition) is 4. The predicted octanol–water partition coefficient (Wildman–Crippen LogP) is 4.89.